The second-order valence-corrected chi connectivity index (χ2v) is 5.97. The molecule has 0 radical (unpaired) electrons. The lowest BCUT2D eigenvalue weighted by Crippen LogP contribution is -2.29. The summed E-state index contributed by atoms with van der Waals surface area (Å²) < 4.78 is 31.2. The van der Waals surface area contributed by atoms with E-state index in [-0.39, 0.29) is 5.92 Å². The van der Waals surface area contributed by atoms with Crippen LogP contribution < -0.4 is 0 Å². The van der Waals surface area contributed by atoms with Crippen LogP contribution in [0.2, 0.25) is 0 Å². The largest absolute Gasteiger partial charge is 0.285 e. The van der Waals surface area contributed by atoms with E-state index in [0.717, 1.165) is 18.4 Å². The summed E-state index contributed by atoms with van der Waals surface area (Å²) >= 11 is 0. The average molecular weight is 218 g/mol. The van der Waals surface area contributed by atoms with E-state index in [1.54, 1.807) is 6.08 Å². The van der Waals surface area contributed by atoms with Crippen molar-refractivity contribution in [1.29, 1.82) is 0 Å². The summed E-state index contributed by atoms with van der Waals surface area (Å²) in [7, 11) is -3.92. The third kappa shape index (κ3) is 2.58. The van der Waals surface area contributed by atoms with Crippen molar-refractivity contribution in [3.8, 4) is 0 Å². The Morgan fingerprint density at radius 1 is 1.50 bits per heavy atom. The monoisotopic (exact) mass is 218 g/mol. The standard InChI is InChI=1S/C10H18O3S/c1-7(2)9-5-4-8(3)10(6-9)14(11,12)13/h6-8,10H,4-5H2,1-3H3,(H,11,12,13). The molecular weight excluding hydrogens is 200 g/mol. The first-order chi connectivity index (χ1) is 6.32. The number of allylic oxidation sites excluding steroid dienone is 1. The molecule has 14 heavy (non-hydrogen) atoms. The lowest BCUT2D eigenvalue weighted by Gasteiger charge is -2.26. The lowest BCUT2D eigenvalue weighted by molar-refractivity contribution is 0.426. The number of hydrogen-bond donors (Lipinski definition) is 1. The summed E-state index contributed by atoms with van der Waals surface area (Å²) in [5.74, 6) is 0.388. The summed E-state index contributed by atoms with van der Waals surface area (Å²) in [5.41, 5.74) is 1.14. The fourth-order valence-electron chi connectivity index (χ4n) is 1.88. The van der Waals surface area contributed by atoms with Crippen LogP contribution in [0.1, 0.15) is 33.6 Å². The molecule has 0 saturated heterocycles. The zero-order chi connectivity index (χ0) is 10.9. The Labute approximate surface area is 86.0 Å². The lowest BCUT2D eigenvalue weighted by atomic mass is 9.86. The van der Waals surface area contributed by atoms with Gasteiger partial charge in [0.1, 0.15) is 5.25 Å². The third-order valence-corrected chi connectivity index (χ3v) is 4.20. The van der Waals surface area contributed by atoms with Crippen LogP contribution in [0.25, 0.3) is 0 Å². The fourth-order valence-corrected chi connectivity index (χ4v) is 2.95. The molecule has 0 amide bonds. The van der Waals surface area contributed by atoms with E-state index in [9.17, 15) is 8.42 Å². The molecule has 3 nitrogen and oxygen atoms in total. The van der Waals surface area contributed by atoms with Gasteiger partial charge in [-0.1, -0.05) is 32.4 Å². The van der Waals surface area contributed by atoms with Crippen LogP contribution in [0.15, 0.2) is 11.6 Å². The van der Waals surface area contributed by atoms with E-state index in [2.05, 4.69) is 0 Å². The van der Waals surface area contributed by atoms with Gasteiger partial charge in [0.05, 0.1) is 0 Å². The second-order valence-electron chi connectivity index (χ2n) is 4.39. The number of hydrogen-bond acceptors (Lipinski definition) is 2. The van der Waals surface area contributed by atoms with Gasteiger partial charge >= 0.3 is 0 Å². The molecular formula is C10H18O3S. The third-order valence-electron chi connectivity index (χ3n) is 2.91. The molecule has 0 spiro atoms. The first kappa shape index (κ1) is 11.7. The molecule has 2 unspecified atom stereocenters. The maximum absolute atomic E-state index is 11.1. The van der Waals surface area contributed by atoms with Crippen molar-refractivity contribution in [1.82, 2.24) is 0 Å². The van der Waals surface area contributed by atoms with Crippen molar-refractivity contribution in [3.05, 3.63) is 11.6 Å². The molecule has 0 aromatic heterocycles. The maximum Gasteiger partial charge on any atom is 0.271 e. The van der Waals surface area contributed by atoms with Gasteiger partial charge in [0.2, 0.25) is 0 Å². The van der Waals surface area contributed by atoms with Crippen molar-refractivity contribution in [2.45, 2.75) is 38.9 Å². The molecule has 0 heterocycles. The van der Waals surface area contributed by atoms with Gasteiger partial charge in [-0.25, -0.2) is 0 Å². The van der Waals surface area contributed by atoms with Crippen molar-refractivity contribution in [2.24, 2.45) is 11.8 Å². The van der Waals surface area contributed by atoms with Crippen molar-refractivity contribution >= 4 is 10.1 Å². The Hall–Kier alpha value is -0.350. The molecule has 1 aliphatic carbocycles. The minimum atomic E-state index is -3.92. The molecule has 0 fully saturated rings. The van der Waals surface area contributed by atoms with Gasteiger partial charge in [0.15, 0.2) is 0 Å². The molecule has 0 saturated carbocycles. The minimum absolute atomic E-state index is 0.0208. The van der Waals surface area contributed by atoms with Crippen LogP contribution in [-0.4, -0.2) is 18.2 Å². The van der Waals surface area contributed by atoms with E-state index in [4.69, 9.17) is 4.55 Å². The SMILES string of the molecule is CC(C)C1=CC(S(=O)(=O)O)C(C)CC1. The van der Waals surface area contributed by atoms with Crippen molar-refractivity contribution in [2.75, 3.05) is 0 Å². The molecule has 0 aromatic rings. The van der Waals surface area contributed by atoms with Crippen LogP contribution in [0.3, 0.4) is 0 Å². The number of rotatable bonds is 2. The molecule has 0 aliphatic heterocycles. The summed E-state index contributed by atoms with van der Waals surface area (Å²) in [6, 6.07) is 0. The normalized spacial score (nSPS) is 29.1. The zero-order valence-electron chi connectivity index (χ0n) is 8.90. The van der Waals surface area contributed by atoms with Gasteiger partial charge in [-0.3, -0.25) is 4.55 Å². The Kier molecular flexibility index (Phi) is 3.37. The summed E-state index contributed by atoms with van der Waals surface area (Å²) in [6.07, 6.45) is 3.52. The molecule has 4 heteroatoms. The Morgan fingerprint density at radius 2 is 2.07 bits per heavy atom. The van der Waals surface area contributed by atoms with Crippen molar-refractivity contribution < 1.29 is 13.0 Å². The predicted octanol–water partition coefficient (Wildman–Crippen LogP) is 2.26. The van der Waals surface area contributed by atoms with Crippen LogP contribution in [-0.2, 0) is 10.1 Å². The fraction of sp³-hybridized carbons (Fsp3) is 0.800. The van der Waals surface area contributed by atoms with Gasteiger partial charge in [0, 0.05) is 0 Å². The maximum atomic E-state index is 11.1. The van der Waals surface area contributed by atoms with E-state index in [1.165, 1.54) is 0 Å². The topological polar surface area (TPSA) is 54.4 Å². The van der Waals surface area contributed by atoms with E-state index in [1.807, 2.05) is 20.8 Å². The molecule has 0 aromatic carbocycles. The zero-order valence-corrected chi connectivity index (χ0v) is 9.71. The highest BCUT2D eigenvalue weighted by Gasteiger charge is 2.31. The molecule has 0 bridgehead atoms. The van der Waals surface area contributed by atoms with E-state index < -0.39 is 15.4 Å². The first-order valence-electron chi connectivity index (χ1n) is 4.99. The van der Waals surface area contributed by atoms with E-state index >= 15 is 0 Å². The van der Waals surface area contributed by atoms with Gasteiger partial charge < -0.3 is 0 Å². The summed E-state index contributed by atoms with van der Waals surface area (Å²) in [4.78, 5) is 0. The smallest absolute Gasteiger partial charge is 0.271 e. The second kappa shape index (κ2) is 4.03. The van der Waals surface area contributed by atoms with E-state index in [0.29, 0.717) is 5.92 Å². The van der Waals surface area contributed by atoms with Crippen molar-refractivity contribution in [3.63, 3.8) is 0 Å². The van der Waals surface area contributed by atoms with Gasteiger partial charge in [-0.2, -0.15) is 8.42 Å². The highest BCUT2D eigenvalue weighted by atomic mass is 32.2. The first-order valence-corrected chi connectivity index (χ1v) is 6.49. The molecule has 2 atom stereocenters. The highest BCUT2D eigenvalue weighted by molar-refractivity contribution is 7.86. The Bertz CT molecular complexity index is 327. The van der Waals surface area contributed by atoms with Crippen LogP contribution >= 0.6 is 0 Å². The molecule has 1 N–H and O–H groups in total. The minimum Gasteiger partial charge on any atom is -0.285 e. The summed E-state index contributed by atoms with van der Waals surface area (Å²) in [5, 5.41) is -0.700. The van der Waals surface area contributed by atoms with Crippen LogP contribution in [0.4, 0.5) is 0 Å². The average Bonchev–Trinajstić information content (AvgIpc) is 2.02. The predicted molar refractivity (Wildman–Crippen MR) is 56.7 cm³/mol. The molecule has 82 valence electrons. The van der Waals surface area contributed by atoms with Gasteiger partial charge in [-0.05, 0) is 24.7 Å². The Balaban J connectivity index is 2.98. The Morgan fingerprint density at radius 3 is 2.50 bits per heavy atom. The molecule has 1 rings (SSSR count). The van der Waals surface area contributed by atoms with Gasteiger partial charge in [0.25, 0.3) is 10.1 Å². The summed E-state index contributed by atoms with van der Waals surface area (Å²) in [6.45, 7) is 5.96. The van der Waals surface area contributed by atoms with Crippen LogP contribution in [0, 0.1) is 11.8 Å². The highest BCUT2D eigenvalue weighted by Crippen LogP contribution is 2.31. The quantitative estimate of drug-likeness (QED) is 0.571. The van der Waals surface area contributed by atoms with Gasteiger partial charge in [-0.15, -0.1) is 0 Å². The van der Waals surface area contributed by atoms with Crippen LogP contribution in [0.5, 0.6) is 0 Å². The molecule has 1 aliphatic rings.